The minimum absolute atomic E-state index is 0.954. The van der Waals surface area contributed by atoms with E-state index in [2.05, 4.69) is 69.6 Å². The number of benzene rings is 1. The van der Waals surface area contributed by atoms with Crippen molar-refractivity contribution in [3.63, 3.8) is 0 Å². The number of aliphatic imine (C=N–C) groups is 1. The molecule has 1 N–H and O–H groups in total. The molecular formula is C26H36N5S+. The molecule has 1 aromatic carbocycles. The van der Waals surface area contributed by atoms with E-state index in [4.69, 9.17) is 4.99 Å². The predicted octanol–water partition coefficient (Wildman–Crippen LogP) is 3.64. The van der Waals surface area contributed by atoms with Crippen LogP contribution in [-0.2, 0) is 12.6 Å². The number of rotatable bonds is 4. The summed E-state index contributed by atoms with van der Waals surface area (Å²) in [5.41, 5.74) is 6.77. The molecule has 32 heavy (non-hydrogen) atoms. The van der Waals surface area contributed by atoms with Crippen molar-refractivity contribution in [2.75, 3.05) is 62.2 Å². The molecule has 0 atom stereocenters. The Balaban J connectivity index is 1.49. The molecule has 1 aliphatic carbocycles. The van der Waals surface area contributed by atoms with E-state index < -0.39 is 0 Å². The Kier molecular flexibility index (Phi) is 6.60. The highest BCUT2D eigenvalue weighted by Gasteiger charge is 2.23. The van der Waals surface area contributed by atoms with Crippen molar-refractivity contribution in [2.45, 2.75) is 37.0 Å². The highest BCUT2D eigenvalue weighted by Crippen LogP contribution is 2.39. The third kappa shape index (κ3) is 4.62. The summed E-state index contributed by atoms with van der Waals surface area (Å²) in [6.07, 6.45) is 12.8. The molecule has 3 saturated heterocycles. The monoisotopic (exact) mass is 450 g/mol. The first-order chi connectivity index (χ1) is 15.7. The summed E-state index contributed by atoms with van der Waals surface area (Å²) in [5, 5.41) is 3.53. The molecule has 5 rings (SSSR count). The average Bonchev–Trinajstić information content (AvgIpc) is 3.47. The average molecular weight is 451 g/mol. The Bertz CT molecular complexity index is 943. The van der Waals surface area contributed by atoms with Crippen LogP contribution in [0, 0.1) is 0 Å². The molecule has 0 amide bonds. The van der Waals surface area contributed by atoms with Crippen LogP contribution in [-0.4, -0.2) is 63.0 Å². The fraction of sp³-hybridized carbons (Fsp3) is 0.500. The molecule has 1 aromatic rings. The summed E-state index contributed by atoms with van der Waals surface area (Å²) < 4.78 is 0. The number of anilines is 2. The van der Waals surface area contributed by atoms with Crippen LogP contribution in [0.5, 0.6) is 0 Å². The van der Waals surface area contributed by atoms with Crippen molar-refractivity contribution < 1.29 is 0 Å². The highest BCUT2D eigenvalue weighted by molar-refractivity contribution is 7.59. The molecule has 0 unspecified atom stereocenters. The van der Waals surface area contributed by atoms with Crippen LogP contribution < -0.4 is 15.1 Å². The van der Waals surface area contributed by atoms with Crippen molar-refractivity contribution in [3.8, 4) is 0 Å². The van der Waals surface area contributed by atoms with E-state index in [1.54, 1.807) is 0 Å². The number of likely N-dealkylation sites (tertiary alicyclic amines) is 1. The number of nitrogens with zero attached hydrogens (tertiary/aromatic N) is 4. The van der Waals surface area contributed by atoms with Crippen molar-refractivity contribution in [1.82, 2.24) is 10.2 Å². The van der Waals surface area contributed by atoms with Crippen LogP contribution >= 0.6 is 0 Å². The second-order valence-corrected chi connectivity index (χ2v) is 9.80. The molecule has 3 aliphatic heterocycles. The van der Waals surface area contributed by atoms with Gasteiger partial charge in [-0.15, -0.1) is 0 Å². The standard InChI is InChI=1S/C26H35N5S/c1-20-17-21(29-11-2-3-12-29)7-8-23(20)28-26-24(31-15-6-9-27-10-16-31)18-22(19-25(26)32)30-13-4-5-14-30/h7-8,17-19,27,32H,1-6,9-16H2/p+1. The Morgan fingerprint density at radius 3 is 2.28 bits per heavy atom. The van der Waals surface area contributed by atoms with Gasteiger partial charge in [0.05, 0.1) is 11.4 Å². The van der Waals surface area contributed by atoms with Crippen molar-refractivity contribution in [2.24, 2.45) is 4.99 Å². The first kappa shape index (κ1) is 21.7. The quantitative estimate of drug-likeness (QED) is 0.711. The minimum atomic E-state index is 0.954. The summed E-state index contributed by atoms with van der Waals surface area (Å²) in [4.78, 5) is 13.7. The molecule has 5 nitrogen and oxygen atoms in total. The van der Waals surface area contributed by atoms with Gasteiger partial charge in [-0.3, -0.25) is 0 Å². The Labute approximate surface area is 198 Å². The number of hydrogen-bond acceptors (Lipinski definition) is 5. The molecule has 0 aromatic heterocycles. The van der Waals surface area contributed by atoms with Gasteiger partial charge in [-0.25, -0.2) is 4.99 Å². The third-order valence-electron chi connectivity index (χ3n) is 6.99. The molecule has 0 spiro atoms. The maximum Gasteiger partial charge on any atom is 0.180 e. The van der Waals surface area contributed by atoms with Gasteiger partial charge in [-0.1, -0.05) is 6.58 Å². The Morgan fingerprint density at radius 1 is 0.812 bits per heavy atom. The lowest BCUT2D eigenvalue weighted by atomic mass is 10.0. The summed E-state index contributed by atoms with van der Waals surface area (Å²) in [5.74, 6) is 0. The molecule has 6 heteroatoms. The van der Waals surface area contributed by atoms with Gasteiger partial charge in [0, 0.05) is 63.3 Å². The van der Waals surface area contributed by atoms with E-state index in [1.807, 2.05) is 0 Å². The fourth-order valence-corrected chi connectivity index (χ4v) is 5.51. The van der Waals surface area contributed by atoms with Crippen LogP contribution in [0.25, 0.3) is 0 Å². The molecule has 3 heterocycles. The number of nitrogens with one attached hydrogen (secondary N) is 1. The van der Waals surface area contributed by atoms with Crippen LogP contribution in [0.3, 0.4) is 0 Å². The zero-order chi connectivity index (χ0) is 21.9. The third-order valence-corrected chi connectivity index (χ3v) is 7.37. The number of allylic oxidation sites excluding steroid dienone is 4. The largest absolute Gasteiger partial charge is 0.372 e. The van der Waals surface area contributed by atoms with Gasteiger partial charge in [0.2, 0.25) is 0 Å². The van der Waals surface area contributed by atoms with Gasteiger partial charge in [0.1, 0.15) is 5.69 Å². The van der Waals surface area contributed by atoms with Gasteiger partial charge in [-0.05, 0) is 81.1 Å². The molecule has 0 saturated carbocycles. The second-order valence-electron chi connectivity index (χ2n) is 9.26. The lowest BCUT2D eigenvalue weighted by Gasteiger charge is -2.27. The van der Waals surface area contributed by atoms with Crippen LogP contribution in [0.4, 0.5) is 17.1 Å². The van der Waals surface area contributed by atoms with Gasteiger partial charge in [0.15, 0.2) is 4.90 Å². The van der Waals surface area contributed by atoms with Crippen molar-refractivity contribution >= 4 is 35.4 Å². The van der Waals surface area contributed by atoms with E-state index in [9.17, 15) is 0 Å². The first-order valence-electron chi connectivity index (χ1n) is 12.2. The summed E-state index contributed by atoms with van der Waals surface area (Å²) >= 11 is 3.95. The first-order valence-corrected chi connectivity index (χ1v) is 12.7. The van der Waals surface area contributed by atoms with Crippen LogP contribution in [0.2, 0.25) is 0 Å². The normalized spacial score (nSPS) is 23.3. The second kappa shape index (κ2) is 9.75. The van der Waals surface area contributed by atoms with E-state index in [1.165, 1.54) is 42.8 Å². The maximum absolute atomic E-state index is 5.17. The highest BCUT2D eigenvalue weighted by atomic mass is 32.1. The van der Waals surface area contributed by atoms with E-state index >= 15 is 0 Å². The fourth-order valence-electron chi connectivity index (χ4n) is 5.18. The maximum atomic E-state index is 5.17. The molecule has 170 valence electrons. The zero-order valence-corrected chi connectivity index (χ0v) is 20.1. The van der Waals surface area contributed by atoms with Crippen LogP contribution in [0.1, 0.15) is 32.1 Å². The molecule has 3 fully saturated rings. The SMILES string of the molecule is C=C1C=C(N2CCCC2)C=CC1=Nc1c([SH2+])cc(N2CCCC2)cc1N1CCCNCC1. The van der Waals surface area contributed by atoms with Crippen LogP contribution in [0.15, 0.2) is 58.1 Å². The van der Waals surface area contributed by atoms with Crippen molar-refractivity contribution in [3.05, 3.63) is 48.2 Å². The van der Waals surface area contributed by atoms with Gasteiger partial charge in [-0.2, -0.15) is 0 Å². The Morgan fingerprint density at radius 2 is 1.53 bits per heavy atom. The summed E-state index contributed by atoms with van der Waals surface area (Å²) in [6, 6.07) is 4.61. The lowest BCUT2D eigenvalue weighted by molar-refractivity contribution is 0.440. The Hall–Kier alpha value is -2.18. The summed E-state index contributed by atoms with van der Waals surface area (Å²) in [6.45, 7) is 13.1. The van der Waals surface area contributed by atoms with E-state index in [-0.39, 0.29) is 0 Å². The number of hydrogen-bond donors (Lipinski definition) is 1. The topological polar surface area (TPSA) is 34.1 Å². The molecular weight excluding hydrogens is 414 g/mol. The summed E-state index contributed by atoms with van der Waals surface area (Å²) in [7, 11) is 0. The van der Waals surface area contributed by atoms with E-state index in [0.29, 0.717) is 0 Å². The predicted molar refractivity (Wildman–Crippen MR) is 140 cm³/mol. The lowest BCUT2D eigenvalue weighted by Crippen LogP contribution is -2.28. The smallest absolute Gasteiger partial charge is 0.180 e. The molecule has 4 aliphatic rings. The minimum Gasteiger partial charge on any atom is -0.372 e. The van der Waals surface area contributed by atoms with Gasteiger partial charge < -0.3 is 20.0 Å². The van der Waals surface area contributed by atoms with Crippen molar-refractivity contribution in [1.29, 1.82) is 0 Å². The van der Waals surface area contributed by atoms with Gasteiger partial charge >= 0.3 is 0 Å². The van der Waals surface area contributed by atoms with E-state index in [0.717, 1.165) is 80.6 Å². The molecule has 0 radical (unpaired) electrons. The zero-order valence-electron chi connectivity index (χ0n) is 19.1. The van der Waals surface area contributed by atoms with Gasteiger partial charge in [0.25, 0.3) is 0 Å². The molecule has 0 bridgehead atoms.